The van der Waals surface area contributed by atoms with Crippen LogP contribution in [0.25, 0.3) is 0 Å². The first-order valence-corrected chi connectivity index (χ1v) is 5.96. The highest BCUT2D eigenvalue weighted by Crippen LogP contribution is 2.24. The zero-order valence-corrected chi connectivity index (χ0v) is 8.98. The third kappa shape index (κ3) is 1.84. The highest BCUT2D eigenvalue weighted by Gasteiger charge is 2.28. The summed E-state index contributed by atoms with van der Waals surface area (Å²) in [6.45, 7) is 0.592. The lowest BCUT2D eigenvalue weighted by molar-refractivity contribution is -0.384. The summed E-state index contributed by atoms with van der Waals surface area (Å²) in [5.41, 5.74) is 0.179. The number of non-ortho nitro benzene ring substituents is 1. The fourth-order valence-corrected chi connectivity index (χ4v) is 2.73. The van der Waals surface area contributed by atoms with E-state index in [0.29, 0.717) is 12.2 Å². The van der Waals surface area contributed by atoms with Crippen molar-refractivity contribution in [2.75, 3.05) is 17.4 Å². The van der Waals surface area contributed by atoms with E-state index in [1.54, 1.807) is 0 Å². The molecule has 2 rings (SSSR count). The van der Waals surface area contributed by atoms with Crippen LogP contribution in [-0.4, -0.2) is 26.4 Å². The minimum Gasteiger partial charge on any atom is -0.258 e. The Labute approximate surface area is 92.0 Å². The summed E-state index contributed by atoms with van der Waals surface area (Å²) in [6.07, 6.45) is 0. The Hall–Kier alpha value is -1.67. The average Bonchev–Trinajstić information content (AvgIpc) is 2.58. The fourth-order valence-electron chi connectivity index (χ4n) is 1.50. The van der Waals surface area contributed by atoms with Gasteiger partial charge in [-0.15, -0.1) is 0 Å². The molecule has 0 bridgehead atoms. The summed E-state index contributed by atoms with van der Waals surface area (Å²) in [5, 5.41) is 10.6. The van der Waals surface area contributed by atoms with Gasteiger partial charge < -0.3 is 0 Å². The van der Waals surface area contributed by atoms with E-state index >= 15 is 0 Å². The molecule has 8 heteroatoms. The minimum absolute atomic E-state index is 0.125. The van der Waals surface area contributed by atoms with Gasteiger partial charge in [0, 0.05) is 25.2 Å². The molecule has 0 aromatic heterocycles. The van der Waals surface area contributed by atoms with Crippen LogP contribution < -0.4 is 9.03 Å². The molecule has 0 amide bonds. The normalized spacial score (nSPS) is 18.6. The van der Waals surface area contributed by atoms with Gasteiger partial charge in [0.15, 0.2) is 0 Å². The second-order valence-corrected chi connectivity index (χ2v) is 4.93. The van der Waals surface area contributed by atoms with Crippen LogP contribution in [0.2, 0.25) is 0 Å². The number of nitrogens with one attached hydrogen (secondary N) is 1. The van der Waals surface area contributed by atoms with Crippen molar-refractivity contribution in [2.45, 2.75) is 0 Å². The van der Waals surface area contributed by atoms with E-state index in [2.05, 4.69) is 4.72 Å². The molecule has 1 N–H and O–H groups in total. The van der Waals surface area contributed by atoms with Gasteiger partial charge in [0.25, 0.3) is 5.69 Å². The molecular formula is C8H9N3O4S. The van der Waals surface area contributed by atoms with E-state index in [4.69, 9.17) is 0 Å². The van der Waals surface area contributed by atoms with Crippen LogP contribution in [0.5, 0.6) is 0 Å². The Morgan fingerprint density at radius 2 is 2.19 bits per heavy atom. The molecule has 1 saturated heterocycles. The number of rotatable bonds is 2. The molecule has 0 radical (unpaired) electrons. The standard InChI is InChI=1S/C8H9N3O4S/c12-11(13)8-3-1-2-7(6-8)10-5-4-9-16(10,14)15/h1-3,6,9H,4-5H2. The Bertz CT molecular complexity index is 528. The molecule has 1 aromatic carbocycles. The van der Waals surface area contributed by atoms with Crippen molar-refractivity contribution in [1.82, 2.24) is 4.72 Å². The van der Waals surface area contributed by atoms with E-state index in [-0.39, 0.29) is 12.2 Å². The second kappa shape index (κ2) is 3.72. The van der Waals surface area contributed by atoms with Crippen LogP contribution in [0.4, 0.5) is 11.4 Å². The maximum absolute atomic E-state index is 11.5. The van der Waals surface area contributed by atoms with Crippen LogP contribution in [-0.2, 0) is 10.2 Å². The zero-order chi connectivity index (χ0) is 11.8. The first kappa shape index (κ1) is 10.8. The fraction of sp³-hybridized carbons (Fsp3) is 0.250. The van der Waals surface area contributed by atoms with Crippen LogP contribution in [0.3, 0.4) is 0 Å². The number of anilines is 1. The topological polar surface area (TPSA) is 92.6 Å². The Balaban J connectivity index is 2.41. The van der Waals surface area contributed by atoms with Gasteiger partial charge in [-0.3, -0.25) is 14.4 Å². The molecule has 1 heterocycles. The molecule has 86 valence electrons. The average molecular weight is 243 g/mol. The number of benzene rings is 1. The summed E-state index contributed by atoms with van der Waals surface area (Å²) < 4.78 is 26.4. The third-order valence-corrected chi connectivity index (χ3v) is 3.76. The molecule has 1 aliphatic heterocycles. The number of nitro groups is 1. The van der Waals surface area contributed by atoms with Crippen molar-refractivity contribution in [2.24, 2.45) is 0 Å². The van der Waals surface area contributed by atoms with Crippen molar-refractivity contribution in [3.8, 4) is 0 Å². The van der Waals surface area contributed by atoms with Crippen molar-refractivity contribution in [1.29, 1.82) is 0 Å². The maximum atomic E-state index is 11.5. The van der Waals surface area contributed by atoms with Crippen LogP contribution in [0, 0.1) is 10.1 Å². The van der Waals surface area contributed by atoms with E-state index in [0.717, 1.165) is 4.31 Å². The van der Waals surface area contributed by atoms with Crippen molar-refractivity contribution >= 4 is 21.6 Å². The molecule has 0 unspecified atom stereocenters. The van der Waals surface area contributed by atoms with Crippen LogP contribution in [0.1, 0.15) is 0 Å². The lowest BCUT2D eigenvalue weighted by Gasteiger charge is -2.14. The van der Waals surface area contributed by atoms with Gasteiger partial charge in [0.05, 0.1) is 10.6 Å². The summed E-state index contributed by atoms with van der Waals surface area (Å²) in [4.78, 5) is 10.00. The van der Waals surface area contributed by atoms with Gasteiger partial charge >= 0.3 is 10.2 Å². The molecule has 1 aliphatic rings. The Morgan fingerprint density at radius 3 is 2.75 bits per heavy atom. The lowest BCUT2D eigenvalue weighted by Crippen LogP contribution is -2.29. The molecule has 1 aromatic rings. The van der Waals surface area contributed by atoms with Gasteiger partial charge in [-0.2, -0.15) is 13.1 Å². The first-order valence-electron chi connectivity index (χ1n) is 4.52. The summed E-state index contributed by atoms with van der Waals surface area (Å²) in [7, 11) is -3.52. The predicted octanol–water partition coefficient (Wildman–Crippen LogP) is 0.249. The molecule has 0 atom stereocenters. The number of hydrogen-bond acceptors (Lipinski definition) is 4. The van der Waals surface area contributed by atoms with Gasteiger partial charge in [-0.25, -0.2) is 0 Å². The number of hydrogen-bond donors (Lipinski definition) is 1. The summed E-state index contributed by atoms with van der Waals surface area (Å²) >= 11 is 0. The third-order valence-electron chi connectivity index (χ3n) is 2.22. The quantitative estimate of drug-likeness (QED) is 0.595. The van der Waals surface area contributed by atoms with Crippen LogP contribution in [0.15, 0.2) is 24.3 Å². The van der Waals surface area contributed by atoms with E-state index in [9.17, 15) is 18.5 Å². The van der Waals surface area contributed by atoms with E-state index in [1.165, 1.54) is 24.3 Å². The van der Waals surface area contributed by atoms with Gasteiger partial charge in [0.2, 0.25) is 0 Å². The molecule has 0 saturated carbocycles. The first-order chi connectivity index (χ1) is 7.50. The molecule has 0 spiro atoms. The number of nitrogens with zero attached hydrogens (tertiary/aromatic N) is 2. The van der Waals surface area contributed by atoms with Gasteiger partial charge in [0.1, 0.15) is 0 Å². The van der Waals surface area contributed by atoms with Crippen molar-refractivity contribution in [3.05, 3.63) is 34.4 Å². The van der Waals surface area contributed by atoms with Gasteiger partial charge in [-0.05, 0) is 6.07 Å². The molecule has 16 heavy (non-hydrogen) atoms. The Morgan fingerprint density at radius 1 is 1.44 bits per heavy atom. The lowest BCUT2D eigenvalue weighted by atomic mass is 10.3. The summed E-state index contributed by atoms with van der Waals surface area (Å²) in [5.74, 6) is 0. The predicted molar refractivity (Wildman–Crippen MR) is 57.4 cm³/mol. The van der Waals surface area contributed by atoms with E-state index < -0.39 is 15.1 Å². The highest BCUT2D eigenvalue weighted by atomic mass is 32.2. The molecule has 0 aliphatic carbocycles. The SMILES string of the molecule is O=[N+]([O-])c1cccc(N2CCNS2(=O)=O)c1. The van der Waals surface area contributed by atoms with Crippen molar-refractivity contribution < 1.29 is 13.3 Å². The van der Waals surface area contributed by atoms with Crippen molar-refractivity contribution in [3.63, 3.8) is 0 Å². The van der Waals surface area contributed by atoms with E-state index in [1.807, 2.05) is 0 Å². The maximum Gasteiger partial charge on any atom is 0.301 e. The molecule has 1 fully saturated rings. The molecule has 7 nitrogen and oxygen atoms in total. The zero-order valence-electron chi connectivity index (χ0n) is 8.16. The molecular weight excluding hydrogens is 234 g/mol. The smallest absolute Gasteiger partial charge is 0.258 e. The highest BCUT2D eigenvalue weighted by molar-refractivity contribution is 7.91. The Kier molecular flexibility index (Phi) is 2.52. The van der Waals surface area contributed by atoms with Gasteiger partial charge in [-0.1, -0.05) is 6.07 Å². The van der Waals surface area contributed by atoms with Crippen LogP contribution >= 0.6 is 0 Å². The monoisotopic (exact) mass is 243 g/mol. The second-order valence-electron chi connectivity index (χ2n) is 3.25. The number of nitro benzene ring substituents is 1. The minimum atomic E-state index is -3.52. The largest absolute Gasteiger partial charge is 0.301 e. The summed E-state index contributed by atoms with van der Waals surface area (Å²) in [6, 6.07) is 5.54.